The summed E-state index contributed by atoms with van der Waals surface area (Å²) in [5, 5.41) is 22.7. The van der Waals surface area contributed by atoms with Crippen LogP contribution in [-0.4, -0.2) is 91.0 Å². The number of hydrogen-bond acceptors (Lipinski definition) is 5. The van der Waals surface area contributed by atoms with E-state index in [2.05, 4.69) is 20.4 Å². The predicted molar refractivity (Wildman–Crippen MR) is 73.6 cm³/mol. The molecule has 1 heterocycles. The molecule has 0 spiro atoms. The number of hydrogen-bond donors (Lipinski definition) is 4. The van der Waals surface area contributed by atoms with Gasteiger partial charge in [-0.25, -0.2) is 9.59 Å². The number of nitrogens with one attached hydrogen (secondary N) is 2. The average Bonchev–Trinajstić information content (AvgIpc) is 2.39. The molecule has 8 nitrogen and oxygen atoms in total. The molecule has 1 aliphatic heterocycles. The Morgan fingerprint density at radius 1 is 1.35 bits per heavy atom. The summed E-state index contributed by atoms with van der Waals surface area (Å²) in [5.41, 5.74) is 0. The predicted octanol–water partition coefficient (Wildman–Crippen LogP) is -1.63. The van der Waals surface area contributed by atoms with Gasteiger partial charge in [0.25, 0.3) is 0 Å². The maximum Gasteiger partial charge on any atom is 0.326 e. The summed E-state index contributed by atoms with van der Waals surface area (Å²) >= 11 is 0. The van der Waals surface area contributed by atoms with Crippen LogP contribution in [0.3, 0.4) is 0 Å². The van der Waals surface area contributed by atoms with E-state index in [0.717, 1.165) is 19.6 Å². The Hall–Kier alpha value is -1.38. The van der Waals surface area contributed by atoms with E-state index in [4.69, 9.17) is 10.2 Å². The van der Waals surface area contributed by atoms with Crippen molar-refractivity contribution >= 4 is 12.0 Å². The van der Waals surface area contributed by atoms with Crippen molar-refractivity contribution in [3.63, 3.8) is 0 Å². The van der Waals surface area contributed by atoms with Crippen molar-refractivity contribution in [1.29, 1.82) is 0 Å². The normalized spacial score (nSPS) is 22.2. The highest BCUT2D eigenvalue weighted by Crippen LogP contribution is 2.04. The van der Waals surface area contributed by atoms with Gasteiger partial charge in [-0.1, -0.05) is 0 Å². The van der Waals surface area contributed by atoms with Crippen molar-refractivity contribution in [1.82, 2.24) is 20.4 Å². The summed E-state index contributed by atoms with van der Waals surface area (Å²) in [7, 11) is 4.03. The molecule has 2 atom stereocenters. The molecular weight excluding hydrogens is 264 g/mol. The van der Waals surface area contributed by atoms with E-state index in [1.807, 2.05) is 14.1 Å². The van der Waals surface area contributed by atoms with Crippen LogP contribution in [0.5, 0.6) is 0 Å². The van der Waals surface area contributed by atoms with Crippen molar-refractivity contribution < 1.29 is 19.8 Å². The van der Waals surface area contributed by atoms with Gasteiger partial charge in [0.15, 0.2) is 0 Å². The van der Waals surface area contributed by atoms with Crippen molar-refractivity contribution in [3.05, 3.63) is 0 Å². The molecule has 1 fully saturated rings. The van der Waals surface area contributed by atoms with E-state index >= 15 is 0 Å². The zero-order valence-corrected chi connectivity index (χ0v) is 12.0. The van der Waals surface area contributed by atoms with Crippen molar-refractivity contribution in [2.75, 3.05) is 46.9 Å². The van der Waals surface area contributed by atoms with Crippen molar-refractivity contribution in [2.45, 2.75) is 18.5 Å². The number of nitrogens with zero attached hydrogens (tertiary/aromatic N) is 2. The molecule has 0 aromatic heterocycles. The number of likely N-dealkylation sites (N-methyl/N-ethyl adjacent to an activating group) is 2. The molecule has 0 aromatic rings. The zero-order chi connectivity index (χ0) is 15.1. The smallest absolute Gasteiger partial charge is 0.326 e. The first kappa shape index (κ1) is 16.7. The summed E-state index contributed by atoms with van der Waals surface area (Å²) < 4.78 is 0. The van der Waals surface area contributed by atoms with E-state index in [1.54, 1.807) is 0 Å². The minimum Gasteiger partial charge on any atom is -0.480 e. The van der Waals surface area contributed by atoms with Gasteiger partial charge in [-0.2, -0.15) is 0 Å². The van der Waals surface area contributed by atoms with E-state index < -0.39 is 18.0 Å². The van der Waals surface area contributed by atoms with Crippen molar-refractivity contribution in [2.24, 2.45) is 0 Å². The third-order valence-corrected chi connectivity index (χ3v) is 3.50. The molecule has 1 rings (SSSR count). The number of aliphatic hydroxyl groups is 1. The highest BCUT2D eigenvalue weighted by molar-refractivity contribution is 5.82. The molecule has 4 N–H and O–H groups in total. The van der Waals surface area contributed by atoms with E-state index in [1.165, 1.54) is 0 Å². The lowest BCUT2D eigenvalue weighted by Crippen LogP contribution is -2.56. The Kier molecular flexibility index (Phi) is 6.69. The highest BCUT2D eigenvalue weighted by Gasteiger charge is 2.23. The Bertz CT molecular complexity index is 339. The summed E-state index contributed by atoms with van der Waals surface area (Å²) in [4.78, 5) is 26.9. The zero-order valence-electron chi connectivity index (χ0n) is 12.0. The topological polar surface area (TPSA) is 105 Å². The number of piperazine rings is 1. The SMILES string of the molecule is CN1CCN(C)C(CNC(=O)NC(CCO)C(=O)O)C1. The second-order valence-corrected chi connectivity index (χ2v) is 5.15. The van der Waals surface area contributed by atoms with Crippen LogP contribution < -0.4 is 10.6 Å². The lowest BCUT2D eigenvalue weighted by atomic mass is 10.2. The molecule has 0 radical (unpaired) electrons. The van der Waals surface area contributed by atoms with Crippen LogP contribution in [0.25, 0.3) is 0 Å². The highest BCUT2D eigenvalue weighted by atomic mass is 16.4. The van der Waals surface area contributed by atoms with Gasteiger partial charge in [-0.15, -0.1) is 0 Å². The number of amides is 2. The third kappa shape index (κ3) is 5.32. The molecule has 0 aliphatic carbocycles. The maximum absolute atomic E-state index is 11.7. The van der Waals surface area contributed by atoms with E-state index in [9.17, 15) is 9.59 Å². The summed E-state index contributed by atoms with van der Waals surface area (Å²) in [5.74, 6) is -1.15. The van der Waals surface area contributed by atoms with Crippen LogP contribution in [0.4, 0.5) is 4.79 Å². The van der Waals surface area contributed by atoms with Crippen LogP contribution in [-0.2, 0) is 4.79 Å². The molecule has 0 aromatic carbocycles. The molecule has 1 aliphatic rings. The number of carbonyl (C=O) groups excluding carboxylic acids is 1. The first-order chi connectivity index (χ1) is 9.43. The number of urea groups is 1. The van der Waals surface area contributed by atoms with Gasteiger partial charge in [0, 0.05) is 45.2 Å². The molecule has 0 bridgehead atoms. The van der Waals surface area contributed by atoms with Crippen molar-refractivity contribution in [3.8, 4) is 0 Å². The fraction of sp³-hybridized carbons (Fsp3) is 0.833. The number of aliphatic hydroxyl groups excluding tert-OH is 1. The van der Waals surface area contributed by atoms with Crippen LogP contribution in [0.2, 0.25) is 0 Å². The Morgan fingerprint density at radius 3 is 2.65 bits per heavy atom. The standard InChI is InChI=1S/C12H24N4O4/c1-15-4-5-16(2)9(8-15)7-13-12(20)14-10(3-6-17)11(18)19/h9-10,17H,3-8H2,1-2H3,(H,18,19)(H2,13,14,20). The molecule has 116 valence electrons. The second kappa shape index (κ2) is 8.03. The fourth-order valence-corrected chi connectivity index (χ4v) is 2.13. The van der Waals surface area contributed by atoms with Crippen LogP contribution >= 0.6 is 0 Å². The lowest BCUT2D eigenvalue weighted by molar-refractivity contribution is -0.139. The number of carbonyl (C=O) groups is 2. The van der Waals surface area contributed by atoms with Crippen LogP contribution in [0.15, 0.2) is 0 Å². The quantitative estimate of drug-likeness (QED) is 0.467. The minimum absolute atomic E-state index is 0.00514. The fourth-order valence-electron chi connectivity index (χ4n) is 2.13. The molecule has 1 saturated heterocycles. The molecule has 2 amide bonds. The molecule has 20 heavy (non-hydrogen) atoms. The number of rotatable bonds is 6. The largest absolute Gasteiger partial charge is 0.480 e. The van der Waals surface area contributed by atoms with Gasteiger partial charge < -0.3 is 25.7 Å². The monoisotopic (exact) mass is 288 g/mol. The molecule has 0 saturated carbocycles. The van der Waals surface area contributed by atoms with Crippen LogP contribution in [0, 0.1) is 0 Å². The third-order valence-electron chi connectivity index (χ3n) is 3.50. The lowest BCUT2D eigenvalue weighted by Gasteiger charge is -2.37. The Morgan fingerprint density at radius 2 is 2.05 bits per heavy atom. The molecule has 2 unspecified atom stereocenters. The van der Waals surface area contributed by atoms with Gasteiger partial charge in [0.1, 0.15) is 6.04 Å². The van der Waals surface area contributed by atoms with Gasteiger partial charge >= 0.3 is 12.0 Å². The van der Waals surface area contributed by atoms with E-state index in [-0.39, 0.29) is 19.1 Å². The van der Waals surface area contributed by atoms with Gasteiger partial charge in [-0.3, -0.25) is 4.90 Å². The van der Waals surface area contributed by atoms with Crippen LogP contribution in [0.1, 0.15) is 6.42 Å². The van der Waals surface area contributed by atoms with Gasteiger partial charge in [-0.05, 0) is 14.1 Å². The summed E-state index contributed by atoms with van der Waals surface area (Å²) in [6.07, 6.45) is -0.00514. The Balaban J connectivity index is 2.36. The Labute approximate surface area is 118 Å². The summed E-state index contributed by atoms with van der Waals surface area (Å²) in [6, 6.07) is -1.38. The first-order valence-corrected chi connectivity index (χ1v) is 6.71. The van der Waals surface area contributed by atoms with Gasteiger partial charge in [0.05, 0.1) is 0 Å². The first-order valence-electron chi connectivity index (χ1n) is 6.71. The molecular formula is C12H24N4O4. The van der Waals surface area contributed by atoms with Gasteiger partial charge in [0.2, 0.25) is 0 Å². The number of carboxylic acids is 1. The number of aliphatic carboxylic acids is 1. The maximum atomic E-state index is 11.7. The molecule has 8 heteroatoms. The number of carboxylic acid groups (broad SMARTS) is 1. The summed E-state index contributed by atoms with van der Waals surface area (Å²) in [6.45, 7) is 2.96. The van der Waals surface area contributed by atoms with E-state index in [0.29, 0.717) is 6.54 Å². The second-order valence-electron chi connectivity index (χ2n) is 5.15. The minimum atomic E-state index is -1.15. The average molecular weight is 288 g/mol.